The lowest BCUT2D eigenvalue weighted by Crippen LogP contribution is -2.06. The van der Waals surface area contributed by atoms with E-state index in [0.29, 0.717) is 24.2 Å². The lowest BCUT2D eigenvalue weighted by molar-refractivity contribution is 0.592. The molecular formula is C11H12BrNO2S. The molecule has 0 aliphatic carbocycles. The van der Waals surface area contributed by atoms with Crippen LogP contribution in [0.5, 0.6) is 0 Å². The molecule has 0 amide bonds. The molecule has 0 radical (unpaired) electrons. The van der Waals surface area contributed by atoms with Gasteiger partial charge in [0.25, 0.3) is 0 Å². The van der Waals surface area contributed by atoms with Crippen molar-refractivity contribution in [3.05, 3.63) is 28.7 Å². The Kier molecular flexibility index (Phi) is 4.97. The molecule has 0 saturated carbocycles. The summed E-state index contributed by atoms with van der Waals surface area (Å²) < 4.78 is 24.4. The van der Waals surface area contributed by atoms with Gasteiger partial charge in [0, 0.05) is 10.9 Å². The standard InChI is InChI=1S/C11H12BrNO2S/c12-10-5-4-6-11(9-10)16(14,15)8-3-1-2-7-13/h4-6,9H,1-3,8H2. The first-order chi connectivity index (χ1) is 7.56. The van der Waals surface area contributed by atoms with Gasteiger partial charge in [0.05, 0.1) is 16.7 Å². The van der Waals surface area contributed by atoms with Crippen molar-refractivity contribution in [3.63, 3.8) is 0 Å². The highest BCUT2D eigenvalue weighted by Crippen LogP contribution is 2.18. The molecule has 0 aliphatic rings. The molecule has 0 fully saturated rings. The maximum atomic E-state index is 11.8. The van der Waals surface area contributed by atoms with E-state index in [-0.39, 0.29) is 5.75 Å². The van der Waals surface area contributed by atoms with E-state index < -0.39 is 9.84 Å². The fourth-order valence-corrected chi connectivity index (χ4v) is 3.24. The van der Waals surface area contributed by atoms with E-state index in [4.69, 9.17) is 5.26 Å². The van der Waals surface area contributed by atoms with E-state index in [1.165, 1.54) is 0 Å². The maximum Gasteiger partial charge on any atom is 0.178 e. The molecule has 16 heavy (non-hydrogen) atoms. The van der Waals surface area contributed by atoms with Gasteiger partial charge in [-0.1, -0.05) is 22.0 Å². The fourth-order valence-electron chi connectivity index (χ4n) is 1.27. The Balaban J connectivity index is 2.68. The predicted octanol–water partition coefficient (Wildman–Crippen LogP) is 2.92. The first-order valence-corrected chi connectivity index (χ1v) is 7.36. The number of unbranched alkanes of at least 4 members (excludes halogenated alkanes) is 2. The number of sulfone groups is 1. The van der Waals surface area contributed by atoms with Crippen molar-refractivity contribution in [2.45, 2.75) is 24.2 Å². The molecule has 1 rings (SSSR count). The minimum atomic E-state index is -3.20. The van der Waals surface area contributed by atoms with Gasteiger partial charge in [-0.05, 0) is 31.0 Å². The zero-order valence-corrected chi connectivity index (χ0v) is 11.1. The Morgan fingerprint density at radius 2 is 2.06 bits per heavy atom. The molecule has 0 saturated heterocycles. The molecule has 1 aromatic rings. The van der Waals surface area contributed by atoms with Crippen LogP contribution in [0, 0.1) is 11.3 Å². The summed E-state index contributed by atoms with van der Waals surface area (Å²) in [6.07, 6.45) is 1.57. The van der Waals surface area contributed by atoms with Crippen molar-refractivity contribution < 1.29 is 8.42 Å². The van der Waals surface area contributed by atoms with Gasteiger partial charge in [0.2, 0.25) is 0 Å². The van der Waals surface area contributed by atoms with Gasteiger partial charge < -0.3 is 0 Å². The molecule has 5 heteroatoms. The second-order valence-electron chi connectivity index (χ2n) is 3.39. The van der Waals surface area contributed by atoms with Gasteiger partial charge >= 0.3 is 0 Å². The van der Waals surface area contributed by atoms with Gasteiger partial charge in [0.1, 0.15) is 0 Å². The summed E-state index contributed by atoms with van der Waals surface area (Å²) in [7, 11) is -3.20. The number of hydrogen-bond acceptors (Lipinski definition) is 3. The number of nitrogens with zero attached hydrogens (tertiary/aromatic N) is 1. The van der Waals surface area contributed by atoms with Crippen molar-refractivity contribution >= 4 is 25.8 Å². The lowest BCUT2D eigenvalue weighted by atomic mass is 10.3. The van der Waals surface area contributed by atoms with E-state index in [2.05, 4.69) is 15.9 Å². The van der Waals surface area contributed by atoms with Gasteiger partial charge in [-0.25, -0.2) is 8.42 Å². The second kappa shape index (κ2) is 6.02. The number of benzene rings is 1. The van der Waals surface area contributed by atoms with Crippen LogP contribution < -0.4 is 0 Å². The van der Waals surface area contributed by atoms with Crippen LogP contribution in [-0.2, 0) is 9.84 Å². The van der Waals surface area contributed by atoms with E-state index in [1.807, 2.05) is 6.07 Å². The van der Waals surface area contributed by atoms with Crippen LogP contribution >= 0.6 is 15.9 Å². The number of rotatable bonds is 5. The number of hydrogen-bond donors (Lipinski definition) is 0. The van der Waals surface area contributed by atoms with Crippen LogP contribution in [0.15, 0.2) is 33.6 Å². The van der Waals surface area contributed by atoms with Crippen molar-refractivity contribution in [1.29, 1.82) is 5.26 Å². The Morgan fingerprint density at radius 3 is 2.69 bits per heavy atom. The van der Waals surface area contributed by atoms with E-state index in [0.717, 1.165) is 4.47 Å². The summed E-state index contributed by atoms with van der Waals surface area (Å²) in [4.78, 5) is 0.332. The molecule has 0 aromatic heterocycles. The number of nitriles is 1. The van der Waals surface area contributed by atoms with Crippen molar-refractivity contribution in [3.8, 4) is 6.07 Å². The molecule has 0 N–H and O–H groups in total. The van der Waals surface area contributed by atoms with Crippen LogP contribution in [0.4, 0.5) is 0 Å². The van der Waals surface area contributed by atoms with Gasteiger partial charge in [-0.3, -0.25) is 0 Å². The van der Waals surface area contributed by atoms with Crippen molar-refractivity contribution in [1.82, 2.24) is 0 Å². The number of halogens is 1. The van der Waals surface area contributed by atoms with Gasteiger partial charge in [-0.15, -0.1) is 0 Å². The summed E-state index contributed by atoms with van der Waals surface area (Å²) in [5.74, 6) is 0.102. The predicted molar refractivity (Wildman–Crippen MR) is 65.7 cm³/mol. The normalized spacial score (nSPS) is 11.0. The third kappa shape index (κ3) is 3.95. The van der Waals surface area contributed by atoms with E-state index >= 15 is 0 Å². The maximum absolute atomic E-state index is 11.8. The zero-order chi connectivity index (χ0) is 12.0. The highest BCUT2D eigenvalue weighted by atomic mass is 79.9. The van der Waals surface area contributed by atoms with Crippen LogP contribution in [0.2, 0.25) is 0 Å². The lowest BCUT2D eigenvalue weighted by Gasteiger charge is -2.03. The fraction of sp³-hybridized carbons (Fsp3) is 0.364. The summed E-state index contributed by atoms with van der Waals surface area (Å²) >= 11 is 3.24. The molecule has 0 aliphatic heterocycles. The molecule has 1 aromatic carbocycles. The molecular weight excluding hydrogens is 290 g/mol. The van der Waals surface area contributed by atoms with Crippen LogP contribution in [0.3, 0.4) is 0 Å². The molecule has 3 nitrogen and oxygen atoms in total. The minimum Gasteiger partial charge on any atom is -0.224 e. The quantitative estimate of drug-likeness (QED) is 0.786. The van der Waals surface area contributed by atoms with Crippen molar-refractivity contribution in [2.24, 2.45) is 0 Å². The Labute approximate surface area is 104 Å². The minimum absolute atomic E-state index is 0.102. The third-order valence-electron chi connectivity index (χ3n) is 2.11. The first kappa shape index (κ1) is 13.2. The molecule has 0 unspecified atom stereocenters. The average molecular weight is 302 g/mol. The average Bonchev–Trinajstić information content (AvgIpc) is 2.24. The topological polar surface area (TPSA) is 57.9 Å². The molecule has 0 spiro atoms. The second-order valence-corrected chi connectivity index (χ2v) is 6.42. The van der Waals surface area contributed by atoms with Crippen molar-refractivity contribution in [2.75, 3.05) is 5.75 Å². The largest absolute Gasteiger partial charge is 0.224 e. The molecule has 0 bridgehead atoms. The first-order valence-electron chi connectivity index (χ1n) is 4.91. The van der Waals surface area contributed by atoms with Crippen LogP contribution in [-0.4, -0.2) is 14.2 Å². The Bertz CT molecular complexity index is 491. The molecule has 0 heterocycles. The van der Waals surface area contributed by atoms with Gasteiger partial charge in [0.15, 0.2) is 9.84 Å². The summed E-state index contributed by atoms with van der Waals surface area (Å²) in [5, 5.41) is 8.34. The highest BCUT2D eigenvalue weighted by Gasteiger charge is 2.13. The summed E-state index contributed by atoms with van der Waals surface area (Å²) in [5.41, 5.74) is 0. The Morgan fingerprint density at radius 1 is 1.31 bits per heavy atom. The molecule has 0 atom stereocenters. The van der Waals surface area contributed by atoms with Crippen LogP contribution in [0.1, 0.15) is 19.3 Å². The van der Waals surface area contributed by atoms with E-state index in [1.54, 1.807) is 24.3 Å². The SMILES string of the molecule is N#CCCCCS(=O)(=O)c1cccc(Br)c1. The monoisotopic (exact) mass is 301 g/mol. The van der Waals surface area contributed by atoms with Gasteiger partial charge in [-0.2, -0.15) is 5.26 Å². The van der Waals surface area contributed by atoms with E-state index in [9.17, 15) is 8.42 Å². The summed E-state index contributed by atoms with van der Waals surface area (Å²) in [6, 6.07) is 8.67. The zero-order valence-electron chi connectivity index (χ0n) is 8.69. The smallest absolute Gasteiger partial charge is 0.178 e. The Hall–Kier alpha value is -0.860. The molecule has 86 valence electrons. The third-order valence-corrected chi connectivity index (χ3v) is 4.40. The highest BCUT2D eigenvalue weighted by molar-refractivity contribution is 9.10. The van der Waals surface area contributed by atoms with Crippen LogP contribution in [0.25, 0.3) is 0 Å². The summed E-state index contributed by atoms with van der Waals surface area (Å²) in [6.45, 7) is 0.